The summed E-state index contributed by atoms with van der Waals surface area (Å²) in [6.07, 6.45) is 0. The van der Waals surface area contributed by atoms with Gasteiger partial charge in [0.15, 0.2) is 0 Å². The third-order valence-electron chi connectivity index (χ3n) is 2.97. The highest BCUT2D eigenvalue weighted by Gasteiger charge is 2.20. The normalized spacial score (nSPS) is 21.8. The van der Waals surface area contributed by atoms with Gasteiger partial charge in [0.25, 0.3) is 0 Å². The Hall–Kier alpha value is -0.520. The number of benzene rings is 1. The average molecular weight is 306 g/mol. The molecule has 0 saturated carbocycles. The summed E-state index contributed by atoms with van der Waals surface area (Å²) in [6, 6.07) is 2.66. The number of hydrogen-bond donors (Lipinski definition) is 0. The molecular formula is C12H14BrF2NO. The summed E-state index contributed by atoms with van der Waals surface area (Å²) in [5.41, 5.74) is 0.388. The molecule has 2 rings (SSSR count). The molecule has 1 aromatic carbocycles. The molecule has 94 valence electrons. The van der Waals surface area contributed by atoms with Crippen molar-refractivity contribution < 1.29 is 13.5 Å². The molecule has 0 N–H and O–H groups in total. The molecule has 1 aliphatic heterocycles. The van der Waals surface area contributed by atoms with Gasteiger partial charge in [-0.3, -0.25) is 4.90 Å². The Labute approximate surface area is 108 Å². The molecule has 1 fully saturated rings. The minimum absolute atomic E-state index is 0.161. The van der Waals surface area contributed by atoms with E-state index in [-0.39, 0.29) is 16.3 Å². The van der Waals surface area contributed by atoms with Crippen molar-refractivity contribution in [2.24, 2.45) is 0 Å². The summed E-state index contributed by atoms with van der Waals surface area (Å²) in [4.78, 5) is 2.09. The van der Waals surface area contributed by atoms with Crippen molar-refractivity contribution in [2.75, 3.05) is 19.8 Å². The van der Waals surface area contributed by atoms with E-state index in [0.717, 1.165) is 6.54 Å². The van der Waals surface area contributed by atoms with Gasteiger partial charge in [0.1, 0.15) is 11.6 Å². The van der Waals surface area contributed by atoms with Crippen molar-refractivity contribution in [2.45, 2.75) is 19.5 Å². The number of rotatable bonds is 2. The van der Waals surface area contributed by atoms with E-state index in [4.69, 9.17) is 4.74 Å². The predicted octanol–water partition coefficient (Wildman–Crippen LogP) is 2.95. The molecule has 1 heterocycles. The smallest absolute Gasteiger partial charge is 0.137 e. The molecule has 1 saturated heterocycles. The maximum Gasteiger partial charge on any atom is 0.137 e. The van der Waals surface area contributed by atoms with Crippen LogP contribution in [-0.2, 0) is 11.3 Å². The van der Waals surface area contributed by atoms with E-state index in [1.807, 2.05) is 6.92 Å². The quantitative estimate of drug-likeness (QED) is 0.779. The zero-order chi connectivity index (χ0) is 12.4. The van der Waals surface area contributed by atoms with Crippen LogP contribution in [0.4, 0.5) is 8.78 Å². The summed E-state index contributed by atoms with van der Waals surface area (Å²) in [6.45, 7) is 4.47. The average Bonchev–Trinajstić information content (AvgIpc) is 2.29. The van der Waals surface area contributed by atoms with E-state index < -0.39 is 5.82 Å². The summed E-state index contributed by atoms with van der Waals surface area (Å²) in [5, 5.41) is 0. The van der Waals surface area contributed by atoms with Crippen molar-refractivity contribution >= 4 is 15.9 Å². The maximum absolute atomic E-state index is 13.7. The van der Waals surface area contributed by atoms with Crippen molar-refractivity contribution in [3.63, 3.8) is 0 Å². The molecule has 1 atom stereocenters. The highest BCUT2D eigenvalue weighted by molar-refractivity contribution is 9.10. The van der Waals surface area contributed by atoms with Gasteiger partial charge in [0.2, 0.25) is 0 Å². The Kier molecular flexibility index (Phi) is 4.12. The van der Waals surface area contributed by atoms with Crippen molar-refractivity contribution in [1.29, 1.82) is 0 Å². The first-order chi connectivity index (χ1) is 8.08. The summed E-state index contributed by atoms with van der Waals surface area (Å²) in [5.74, 6) is -0.806. The van der Waals surface area contributed by atoms with Gasteiger partial charge in [-0.1, -0.05) is 0 Å². The van der Waals surface area contributed by atoms with Crippen molar-refractivity contribution in [1.82, 2.24) is 4.90 Å². The van der Waals surface area contributed by atoms with Crippen LogP contribution in [0.5, 0.6) is 0 Å². The Morgan fingerprint density at radius 1 is 1.41 bits per heavy atom. The van der Waals surface area contributed by atoms with Crippen LogP contribution in [0.15, 0.2) is 16.6 Å². The van der Waals surface area contributed by atoms with Crippen LogP contribution in [-0.4, -0.2) is 30.7 Å². The second-order valence-corrected chi connectivity index (χ2v) is 5.11. The highest BCUT2D eigenvalue weighted by Crippen LogP contribution is 2.22. The zero-order valence-corrected chi connectivity index (χ0v) is 11.1. The van der Waals surface area contributed by atoms with Crippen LogP contribution in [0.25, 0.3) is 0 Å². The van der Waals surface area contributed by atoms with Gasteiger partial charge in [-0.2, -0.15) is 0 Å². The van der Waals surface area contributed by atoms with Crippen molar-refractivity contribution in [3.8, 4) is 0 Å². The number of morpholine rings is 1. The first-order valence-corrected chi connectivity index (χ1v) is 6.32. The molecule has 1 aliphatic rings. The lowest BCUT2D eigenvalue weighted by Crippen LogP contribution is -2.43. The second kappa shape index (κ2) is 5.42. The number of hydrogen-bond acceptors (Lipinski definition) is 2. The van der Waals surface area contributed by atoms with E-state index in [2.05, 4.69) is 20.8 Å². The predicted molar refractivity (Wildman–Crippen MR) is 64.7 cm³/mol. The fourth-order valence-electron chi connectivity index (χ4n) is 1.90. The van der Waals surface area contributed by atoms with Gasteiger partial charge in [-0.25, -0.2) is 8.78 Å². The van der Waals surface area contributed by atoms with Crippen LogP contribution in [0.3, 0.4) is 0 Å². The molecule has 0 bridgehead atoms. The summed E-state index contributed by atoms with van der Waals surface area (Å²) < 4.78 is 32.5. The van der Waals surface area contributed by atoms with E-state index in [1.165, 1.54) is 12.1 Å². The third-order valence-corrected chi connectivity index (χ3v) is 3.58. The lowest BCUT2D eigenvalue weighted by Gasteiger charge is -2.33. The fraction of sp³-hybridized carbons (Fsp3) is 0.500. The van der Waals surface area contributed by atoms with Crippen LogP contribution in [0.2, 0.25) is 0 Å². The lowest BCUT2D eigenvalue weighted by atomic mass is 10.1. The molecule has 0 unspecified atom stereocenters. The minimum Gasteiger partial charge on any atom is -0.379 e. The Bertz CT molecular complexity index is 414. The van der Waals surface area contributed by atoms with E-state index in [0.29, 0.717) is 25.3 Å². The fourth-order valence-corrected chi connectivity index (χ4v) is 2.22. The topological polar surface area (TPSA) is 12.5 Å². The number of halogens is 3. The van der Waals surface area contributed by atoms with Gasteiger partial charge < -0.3 is 4.74 Å². The van der Waals surface area contributed by atoms with Crippen LogP contribution >= 0.6 is 15.9 Å². The Morgan fingerprint density at radius 3 is 2.88 bits per heavy atom. The molecule has 0 aliphatic carbocycles. The molecule has 0 radical (unpaired) electrons. The van der Waals surface area contributed by atoms with Gasteiger partial charge in [0.05, 0.1) is 17.7 Å². The SMILES string of the molecule is C[C@H]1COCCN1Cc1cc(F)c(Br)cc1F. The molecule has 0 aromatic heterocycles. The number of nitrogens with zero attached hydrogens (tertiary/aromatic N) is 1. The lowest BCUT2D eigenvalue weighted by molar-refractivity contribution is -0.00484. The Morgan fingerprint density at radius 2 is 2.18 bits per heavy atom. The summed E-state index contributed by atoms with van der Waals surface area (Å²) >= 11 is 2.97. The molecule has 1 aromatic rings. The summed E-state index contributed by atoms with van der Waals surface area (Å²) in [7, 11) is 0. The van der Waals surface area contributed by atoms with E-state index >= 15 is 0 Å². The maximum atomic E-state index is 13.7. The monoisotopic (exact) mass is 305 g/mol. The Balaban J connectivity index is 2.15. The standard InChI is InChI=1S/C12H14BrF2NO/c1-8-7-17-3-2-16(8)6-9-4-12(15)10(13)5-11(9)14/h4-5,8H,2-3,6-7H2,1H3/t8-/m0/s1. The first kappa shape index (κ1) is 12.9. The zero-order valence-electron chi connectivity index (χ0n) is 9.55. The van der Waals surface area contributed by atoms with Gasteiger partial charge in [-0.05, 0) is 35.0 Å². The minimum atomic E-state index is -0.428. The van der Waals surface area contributed by atoms with Gasteiger partial charge >= 0.3 is 0 Å². The molecule has 17 heavy (non-hydrogen) atoms. The van der Waals surface area contributed by atoms with Gasteiger partial charge in [-0.15, -0.1) is 0 Å². The molecule has 0 spiro atoms. The van der Waals surface area contributed by atoms with E-state index in [1.54, 1.807) is 0 Å². The van der Waals surface area contributed by atoms with Crippen LogP contribution in [0, 0.1) is 11.6 Å². The molecule has 5 heteroatoms. The first-order valence-electron chi connectivity index (χ1n) is 5.53. The van der Waals surface area contributed by atoms with E-state index in [9.17, 15) is 8.78 Å². The highest BCUT2D eigenvalue weighted by atomic mass is 79.9. The van der Waals surface area contributed by atoms with Crippen LogP contribution < -0.4 is 0 Å². The largest absolute Gasteiger partial charge is 0.379 e. The molecular weight excluding hydrogens is 292 g/mol. The van der Waals surface area contributed by atoms with Gasteiger partial charge in [0, 0.05) is 24.7 Å². The van der Waals surface area contributed by atoms with Crippen LogP contribution in [0.1, 0.15) is 12.5 Å². The molecule has 0 amide bonds. The third kappa shape index (κ3) is 3.03. The van der Waals surface area contributed by atoms with Crippen molar-refractivity contribution in [3.05, 3.63) is 33.8 Å². The number of ether oxygens (including phenoxy) is 1. The second-order valence-electron chi connectivity index (χ2n) is 4.25. The molecule has 2 nitrogen and oxygen atoms in total.